The molecule has 12 heteroatoms. The number of hydrogen-bond acceptors (Lipinski definition) is 6. The summed E-state index contributed by atoms with van der Waals surface area (Å²) in [5.41, 5.74) is 1.44. The monoisotopic (exact) mass is 617 g/mol. The van der Waals surface area contributed by atoms with Crippen molar-refractivity contribution < 1.29 is 27.5 Å². The molecule has 0 N–H and O–H groups in total. The molecule has 0 spiro atoms. The number of carbonyl (C=O) groups excluding carboxylic acids is 2. The van der Waals surface area contributed by atoms with Gasteiger partial charge in [-0.1, -0.05) is 23.7 Å². The first-order chi connectivity index (χ1) is 20.5. The minimum atomic E-state index is -4.23. The summed E-state index contributed by atoms with van der Waals surface area (Å²) >= 11 is 6.12. The van der Waals surface area contributed by atoms with Crippen molar-refractivity contribution in [3.8, 4) is 6.07 Å². The number of nitriles is 1. The molecule has 1 aromatic heterocycles. The molecule has 0 bridgehead atoms. The molecule has 5 rings (SSSR count). The highest BCUT2D eigenvalue weighted by molar-refractivity contribution is 6.30. The second kappa shape index (κ2) is 13.0. The molecule has 3 fully saturated rings. The number of alkyl halides is 3. The largest absolute Gasteiger partial charge is 0.446 e. The minimum Gasteiger partial charge on any atom is -0.446 e. The number of amides is 2. The zero-order chi connectivity index (χ0) is 30.7. The molecule has 3 aliphatic rings. The van der Waals surface area contributed by atoms with Crippen LogP contribution in [-0.2, 0) is 9.53 Å². The number of piperidine rings is 1. The molecule has 0 radical (unpaired) electrons. The van der Waals surface area contributed by atoms with Crippen molar-refractivity contribution in [2.45, 2.75) is 62.8 Å². The van der Waals surface area contributed by atoms with Crippen molar-refractivity contribution in [3.05, 3.63) is 58.7 Å². The summed E-state index contributed by atoms with van der Waals surface area (Å²) < 4.78 is 44.9. The van der Waals surface area contributed by atoms with Crippen molar-refractivity contribution in [1.82, 2.24) is 14.8 Å². The normalized spacial score (nSPS) is 24.8. The van der Waals surface area contributed by atoms with Gasteiger partial charge in [-0.3, -0.25) is 4.79 Å². The Labute approximate surface area is 254 Å². The number of ether oxygens (including phenoxy) is 1. The quantitative estimate of drug-likeness (QED) is 0.408. The minimum absolute atomic E-state index is 0.0427. The van der Waals surface area contributed by atoms with Crippen molar-refractivity contribution >= 4 is 29.4 Å². The molecule has 2 amide bonds. The van der Waals surface area contributed by atoms with E-state index in [1.807, 2.05) is 23.1 Å². The number of pyridine rings is 1. The Hall–Kier alpha value is -3.52. The first-order valence-electron chi connectivity index (χ1n) is 14.7. The lowest BCUT2D eigenvalue weighted by molar-refractivity contribution is -0.186. The fraction of sp³-hybridized carbons (Fsp3) is 0.548. The molecule has 2 aliphatic heterocycles. The van der Waals surface area contributed by atoms with E-state index in [2.05, 4.69) is 16.0 Å². The molecule has 8 nitrogen and oxygen atoms in total. The van der Waals surface area contributed by atoms with Gasteiger partial charge in [0.25, 0.3) is 0 Å². The van der Waals surface area contributed by atoms with E-state index in [4.69, 9.17) is 21.6 Å². The van der Waals surface area contributed by atoms with Gasteiger partial charge in [0.05, 0.1) is 17.5 Å². The van der Waals surface area contributed by atoms with Crippen LogP contribution in [0.4, 0.5) is 23.8 Å². The zero-order valence-electron chi connectivity index (χ0n) is 24.0. The van der Waals surface area contributed by atoms with E-state index >= 15 is 0 Å². The summed E-state index contributed by atoms with van der Waals surface area (Å²) in [7, 11) is 1.63. The summed E-state index contributed by atoms with van der Waals surface area (Å²) in [6.07, 6.45) is -2.26. The maximum Gasteiger partial charge on any atom is 0.410 e. The summed E-state index contributed by atoms with van der Waals surface area (Å²) in [6.45, 7) is 2.08. The Morgan fingerprint density at radius 3 is 2.28 bits per heavy atom. The zero-order valence-corrected chi connectivity index (χ0v) is 24.7. The first kappa shape index (κ1) is 30.9. The van der Waals surface area contributed by atoms with E-state index in [1.165, 1.54) is 4.90 Å². The number of carbonyl (C=O) groups is 2. The number of anilines is 1. The third-order valence-electron chi connectivity index (χ3n) is 9.13. The molecule has 2 saturated heterocycles. The van der Waals surface area contributed by atoms with Gasteiger partial charge >= 0.3 is 12.3 Å². The van der Waals surface area contributed by atoms with Crippen LogP contribution in [0.2, 0.25) is 5.02 Å². The SMILES string of the molecule is CN(C(=O)OC1CCC(C(F)(F)F)CC1)[C@@H]1CN(C(=O)C2CCN(c3ccc(C#N)cn3)CC2)C[C@H]1c1ccc(Cl)cc1. The van der Waals surface area contributed by atoms with Gasteiger partial charge in [0.2, 0.25) is 5.91 Å². The van der Waals surface area contributed by atoms with Crippen LogP contribution in [0, 0.1) is 23.2 Å². The Balaban J connectivity index is 1.23. The number of halogens is 4. The smallest absolute Gasteiger partial charge is 0.410 e. The van der Waals surface area contributed by atoms with E-state index < -0.39 is 24.3 Å². The highest BCUT2D eigenvalue weighted by atomic mass is 35.5. The number of likely N-dealkylation sites (N-methyl/N-ethyl adjacent to an activating group) is 1. The molecule has 1 aromatic carbocycles. The van der Waals surface area contributed by atoms with Gasteiger partial charge in [0, 0.05) is 56.3 Å². The maximum atomic E-state index is 13.7. The van der Waals surface area contributed by atoms with E-state index in [0.29, 0.717) is 49.6 Å². The Morgan fingerprint density at radius 1 is 1.02 bits per heavy atom. The van der Waals surface area contributed by atoms with Crippen LogP contribution in [-0.4, -0.2) is 78.3 Å². The van der Waals surface area contributed by atoms with E-state index in [0.717, 1.165) is 11.4 Å². The second-order valence-electron chi connectivity index (χ2n) is 11.8. The van der Waals surface area contributed by atoms with Gasteiger partial charge in [-0.2, -0.15) is 18.4 Å². The first-order valence-corrected chi connectivity index (χ1v) is 15.1. The third kappa shape index (κ3) is 7.18. The second-order valence-corrected chi connectivity index (χ2v) is 12.2. The van der Waals surface area contributed by atoms with Crippen LogP contribution >= 0.6 is 11.6 Å². The fourth-order valence-corrected chi connectivity index (χ4v) is 6.64. The highest BCUT2D eigenvalue weighted by Gasteiger charge is 2.44. The topological polar surface area (TPSA) is 89.8 Å². The number of likely N-dealkylation sites (tertiary alicyclic amines) is 1. The average molecular weight is 618 g/mol. The van der Waals surface area contributed by atoms with E-state index in [9.17, 15) is 22.8 Å². The van der Waals surface area contributed by atoms with E-state index in [1.54, 1.807) is 31.4 Å². The molecule has 1 saturated carbocycles. The average Bonchev–Trinajstić information content (AvgIpc) is 3.46. The van der Waals surface area contributed by atoms with Crippen LogP contribution in [0.15, 0.2) is 42.6 Å². The molecule has 3 heterocycles. The number of benzene rings is 1. The number of rotatable bonds is 5. The molecular weight excluding hydrogens is 583 g/mol. The fourth-order valence-electron chi connectivity index (χ4n) is 6.52. The van der Waals surface area contributed by atoms with Gasteiger partial charge in [0.1, 0.15) is 18.0 Å². The van der Waals surface area contributed by atoms with Crippen molar-refractivity contribution in [1.29, 1.82) is 5.26 Å². The van der Waals surface area contributed by atoms with Crippen LogP contribution < -0.4 is 4.90 Å². The third-order valence-corrected chi connectivity index (χ3v) is 9.39. The predicted molar refractivity (Wildman–Crippen MR) is 154 cm³/mol. The van der Waals surface area contributed by atoms with Gasteiger partial charge in [-0.15, -0.1) is 0 Å². The Morgan fingerprint density at radius 2 is 1.70 bits per heavy atom. The predicted octanol–water partition coefficient (Wildman–Crippen LogP) is 6.01. The lowest BCUT2D eigenvalue weighted by atomic mass is 9.87. The number of aromatic nitrogens is 1. The number of nitrogens with zero attached hydrogens (tertiary/aromatic N) is 5. The van der Waals surface area contributed by atoms with Crippen molar-refractivity contribution in [3.63, 3.8) is 0 Å². The van der Waals surface area contributed by atoms with Gasteiger partial charge in [0.15, 0.2) is 0 Å². The van der Waals surface area contributed by atoms with Gasteiger partial charge in [-0.25, -0.2) is 9.78 Å². The summed E-state index contributed by atoms with van der Waals surface area (Å²) in [5.74, 6) is -0.874. The molecule has 43 heavy (non-hydrogen) atoms. The lowest BCUT2D eigenvalue weighted by Crippen LogP contribution is -2.45. The van der Waals surface area contributed by atoms with Crippen LogP contribution in [0.1, 0.15) is 55.6 Å². The maximum absolute atomic E-state index is 13.7. The van der Waals surface area contributed by atoms with Gasteiger partial charge < -0.3 is 19.4 Å². The summed E-state index contributed by atoms with van der Waals surface area (Å²) in [4.78, 5) is 36.8. The molecule has 2 atom stereocenters. The van der Waals surface area contributed by atoms with E-state index in [-0.39, 0.29) is 49.5 Å². The molecule has 1 aliphatic carbocycles. The Kier molecular flexibility index (Phi) is 9.35. The molecule has 0 unspecified atom stereocenters. The van der Waals surface area contributed by atoms with Crippen LogP contribution in [0.3, 0.4) is 0 Å². The summed E-state index contributed by atoms with van der Waals surface area (Å²) in [6, 6.07) is 12.6. The van der Waals surface area contributed by atoms with Crippen molar-refractivity contribution in [2.75, 3.05) is 38.1 Å². The summed E-state index contributed by atoms with van der Waals surface area (Å²) in [5, 5.41) is 9.60. The lowest BCUT2D eigenvalue weighted by Gasteiger charge is -2.34. The number of hydrogen-bond donors (Lipinski definition) is 0. The van der Waals surface area contributed by atoms with Crippen molar-refractivity contribution in [2.24, 2.45) is 11.8 Å². The molecular formula is C31H35ClF3N5O3. The van der Waals surface area contributed by atoms with Gasteiger partial charge in [-0.05, 0) is 68.4 Å². The highest BCUT2D eigenvalue weighted by Crippen LogP contribution is 2.39. The van der Waals surface area contributed by atoms with Crippen LogP contribution in [0.5, 0.6) is 0 Å². The molecule has 2 aromatic rings. The molecule has 230 valence electrons. The standard InChI is InChI=1S/C31H35ClF3N5O3/c1-38(30(42)43-25-9-5-23(6-10-25)31(33,34)35)27-19-40(18-26(27)21-3-7-24(32)8-4-21)29(41)22-12-14-39(15-13-22)28-11-2-20(16-36)17-37-28/h2-4,7-8,11,17,22-23,25-27H,5-6,9-10,12-15,18-19H2,1H3/t23?,25?,26-,27+/m0/s1. The Bertz CT molecular complexity index is 1320. The van der Waals surface area contributed by atoms with Crippen LogP contribution in [0.25, 0.3) is 0 Å².